The normalized spacial score (nSPS) is 24.4. The molecule has 1 unspecified atom stereocenters. The molecule has 0 aromatic carbocycles. The molecule has 0 aromatic heterocycles. The van der Waals surface area contributed by atoms with E-state index < -0.39 is 35.9 Å². The average molecular weight is 311 g/mol. The zero-order valence-corrected chi connectivity index (χ0v) is 11.8. The van der Waals surface area contributed by atoms with Crippen molar-refractivity contribution in [2.24, 2.45) is 11.8 Å². The van der Waals surface area contributed by atoms with Crippen LogP contribution in [0.1, 0.15) is 32.1 Å². The predicted octanol–water partition coefficient (Wildman–Crippen LogP) is 1.96. The van der Waals surface area contributed by atoms with Crippen molar-refractivity contribution in [1.82, 2.24) is 5.32 Å². The molecule has 1 fully saturated rings. The zero-order valence-electron chi connectivity index (χ0n) is 11.8. The molecular formula is C13H20F3NO4. The Labute approximate surface area is 120 Å². The summed E-state index contributed by atoms with van der Waals surface area (Å²) < 4.78 is 42.4. The number of carboxylic acid groups (broad SMARTS) is 1. The van der Waals surface area contributed by atoms with Crippen LogP contribution in [0.2, 0.25) is 0 Å². The number of rotatable bonds is 6. The van der Waals surface area contributed by atoms with Gasteiger partial charge >= 0.3 is 12.1 Å². The molecule has 1 saturated carbocycles. The Kier molecular flexibility index (Phi) is 6.44. The summed E-state index contributed by atoms with van der Waals surface area (Å²) in [6.45, 7) is 0.179. The summed E-state index contributed by atoms with van der Waals surface area (Å²) in [7, 11) is 1.42. The molecule has 21 heavy (non-hydrogen) atoms. The Balaban J connectivity index is 2.47. The molecule has 0 bridgehead atoms. The lowest BCUT2D eigenvalue weighted by atomic mass is 9.81. The summed E-state index contributed by atoms with van der Waals surface area (Å²) in [5.41, 5.74) is 0. The lowest BCUT2D eigenvalue weighted by Crippen LogP contribution is -2.45. The quantitative estimate of drug-likeness (QED) is 0.786. The van der Waals surface area contributed by atoms with Gasteiger partial charge in [0.2, 0.25) is 5.91 Å². The van der Waals surface area contributed by atoms with Crippen molar-refractivity contribution in [3.05, 3.63) is 0 Å². The van der Waals surface area contributed by atoms with Crippen molar-refractivity contribution in [3.8, 4) is 0 Å². The number of hydrogen-bond donors (Lipinski definition) is 2. The molecule has 0 spiro atoms. The summed E-state index contributed by atoms with van der Waals surface area (Å²) >= 11 is 0. The van der Waals surface area contributed by atoms with Gasteiger partial charge < -0.3 is 15.2 Å². The van der Waals surface area contributed by atoms with E-state index in [2.05, 4.69) is 5.32 Å². The van der Waals surface area contributed by atoms with Crippen LogP contribution < -0.4 is 5.32 Å². The molecule has 8 heteroatoms. The van der Waals surface area contributed by atoms with Crippen LogP contribution in [0, 0.1) is 11.8 Å². The summed E-state index contributed by atoms with van der Waals surface area (Å²) in [5, 5.41) is 11.4. The van der Waals surface area contributed by atoms with E-state index >= 15 is 0 Å². The molecule has 0 aliphatic heterocycles. The topological polar surface area (TPSA) is 75.6 Å². The molecule has 122 valence electrons. The molecule has 1 aliphatic rings. The number of carboxylic acids is 1. The van der Waals surface area contributed by atoms with Crippen molar-refractivity contribution in [2.75, 3.05) is 13.7 Å². The molecule has 0 heterocycles. The van der Waals surface area contributed by atoms with E-state index in [1.807, 2.05) is 0 Å². The number of amides is 1. The molecule has 1 atom stereocenters. The van der Waals surface area contributed by atoms with Crippen molar-refractivity contribution in [2.45, 2.75) is 44.3 Å². The first kappa shape index (κ1) is 17.7. The minimum Gasteiger partial charge on any atom is -0.480 e. The Bertz CT molecular complexity index is 365. The van der Waals surface area contributed by atoms with Crippen LogP contribution in [0.15, 0.2) is 0 Å². The third-order valence-corrected chi connectivity index (χ3v) is 3.79. The summed E-state index contributed by atoms with van der Waals surface area (Å²) in [5.74, 6) is -3.57. The second-order valence-electron chi connectivity index (χ2n) is 5.27. The number of methoxy groups -OCH3 is 1. The third-order valence-electron chi connectivity index (χ3n) is 3.79. The van der Waals surface area contributed by atoms with Crippen molar-refractivity contribution in [1.29, 1.82) is 0 Å². The van der Waals surface area contributed by atoms with E-state index in [1.54, 1.807) is 0 Å². The summed E-state index contributed by atoms with van der Waals surface area (Å²) in [6.07, 6.45) is -4.01. The first-order chi connectivity index (χ1) is 9.75. The van der Waals surface area contributed by atoms with Gasteiger partial charge in [-0.3, -0.25) is 4.79 Å². The molecule has 1 amide bonds. The molecule has 2 N–H and O–H groups in total. The standard InChI is InChI=1S/C13H20F3NO4/c1-21-7-6-10(12(19)20)17-11(18)8-2-4-9(5-3-8)13(14,15)16/h8-10H,2-7H2,1H3,(H,17,18)(H,19,20). The average Bonchev–Trinajstić information content (AvgIpc) is 2.42. The van der Waals surface area contributed by atoms with Gasteiger partial charge in [-0.2, -0.15) is 13.2 Å². The predicted molar refractivity (Wildman–Crippen MR) is 67.6 cm³/mol. The number of carbonyl (C=O) groups is 2. The van der Waals surface area contributed by atoms with Crippen LogP contribution >= 0.6 is 0 Å². The van der Waals surface area contributed by atoms with Gasteiger partial charge in [0, 0.05) is 26.1 Å². The van der Waals surface area contributed by atoms with E-state index in [0.717, 1.165) is 0 Å². The van der Waals surface area contributed by atoms with Crippen molar-refractivity contribution < 1.29 is 32.6 Å². The second-order valence-corrected chi connectivity index (χ2v) is 5.27. The number of alkyl halides is 3. The van der Waals surface area contributed by atoms with Crippen LogP contribution in [0.25, 0.3) is 0 Å². The van der Waals surface area contributed by atoms with Gasteiger partial charge in [-0.05, 0) is 25.7 Å². The molecule has 1 aliphatic carbocycles. The minimum atomic E-state index is -4.22. The Morgan fingerprint density at radius 2 is 1.86 bits per heavy atom. The summed E-state index contributed by atoms with van der Waals surface area (Å²) in [4.78, 5) is 22.9. The van der Waals surface area contributed by atoms with Gasteiger partial charge in [0.1, 0.15) is 6.04 Å². The Morgan fingerprint density at radius 3 is 2.29 bits per heavy atom. The van der Waals surface area contributed by atoms with Crippen LogP contribution in [-0.2, 0) is 14.3 Å². The van der Waals surface area contributed by atoms with Gasteiger partial charge in [-0.15, -0.1) is 0 Å². The number of nitrogens with one attached hydrogen (secondary N) is 1. The minimum absolute atomic E-state index is 0.0859. The second kappa shape index (κ2) is 7.63. The maximum Gasteiger partial charge on any atom is 0.391 e. The molecule has 0 radical (unpaired) electrons. The maximum absolute atomic E-state index is 12.5. The van der Waals surface area contributed by atoms with E-state index in [-0.39, 0.29) is 38.7 Å². The number of carbonyl (C=O) groups excluding carboxylic acids is 1. The van der Waals surface area contributed by atoms with E-state index in [9.17, 15) is 22.8 Å². The molecular weight excluding hydrogens is 291 g/mol. The number of hydrogen-bond acceptors (Lipinski definition) is 3. The lowest BCUT2D eigenvalue weighted by molar-refractivity contribution is -0.184. The highest BCUT2D eigenvalue weighted by Crippen LogP contribution is 2.39. The highest BCUT2D eigenvalue weighted by molar-refractivity contribution is 5.85. The molecule has 1 rings (SSSR count). The molecule has 0 aromatic rings. The monoisotopic (exact) mass is 311 g/mol. The number of halogens is 3. The van der Waals surface area contributed by atoms with E-state index in [1.165, 1.54) is 7.11 Å². The highest BCUT2D eigenvalue weighted by atomic mass is 19.4. The fraction of sp³-hybridized carbons (Fsp3) is 0.846. The molecule has 5 nitrogen and oxygen atoms in total. The van der Waals surface area contributed by atoms with E-state index in [4.69, 9.17) is 9.84 Å². The number of aliphatic carboxylic acids is 1. The largest absolute Gasteiger partial charge is 0.480 e. The fourth-order valence-electron chi connectivity index (χ4n) is 2.47. The molecule has 0 saturated heterocycles. The van der Waals surface area contributed by atoms with E-state index in [0.29, 0.717) is 0 Å². The SMILES string of the molecule is COCCC(NC(=O)C1CCC(C(F)(F)F)CC1)C(=O)O. The van der Waals surface area contributed by atoms with Crippen LogP contribution in [-0.4, -0.2) is 42.9 Å². The van der Waals surface area contributed by atoms with Crippen molar-refractivity contribution >= 4 is 11.9 Å². The van der Waals surface area contributed by atoms with Crippen LogP contribution in [0.4, 0.5) is 13.2 Å². The zero-order chi connectivity index (χ0) is 16.0. The first-order valence-electron chi connectivity index (χ1n) is 6.84. The smallest absolute Gasteiger partial charge is 0.391 e. The van der Waals surface area contributed by atoms with Gasteiger partial charge in [0.15, 0.2) is 0 Å². The maximum atomic E-state index is 12.5. The number of ether oxygens (including phenoxy) is 1. The van der Waals surface area contributed by atoms with Gasteiger partial charge in [-0.1, -0.05) is 0 Å². The Morgan fingerprint density at radius 1 is 1.29 bits per heavy atom. The fourth-order valence-corrected chi connectivity index (χ4v) is 2.47. The van der Waals surface area contributed by atoms with Crippen LogP contribution in [0.5, 0.6) is 0 Å². The van der Waals surface area contributed by atoms with Crippen LogP contribution in [0.3, 0.4) is 0 Å². The Hall–Kier alpha value is -1.31. The van der Waals surface area contributed by atoms with Gasteiger partial charge in [0.05, 0.1) is 5.92 Å². The third kappa shape index (κ3) is 5.53. The van der Waals surface area contributed by atoms with Gasteiger partial charge in [0.25, 0.3) is 0 Å². The highest BCUT2D eigenvalue weighted by Gasteiger charge is 2.42. The lowest BCUT2D eigenvalue weighted by Gasteiger charge is -2.29. The summed E-state index contributed by atoms with van der Waals surface area (Å²) in [6, 6.07) is -1.07. The van der Waals surface area contributed by atoms with Gasteiger partial charge in [-0.25, -0.2) is 4.79 Å². The van der Waals surface area contributed by atoms with Crippen molar-refractivity contribution in [3.63, 3.8) is 0 Å². The first-order valence-corrected chi connectivity index (χ1v) is 6.84.